The molecule has 3 heteroatoms. The zero-order valence-electron chi connectivity index (χ0n) is 7.68. The summed E-state index contributed by atoms with van der Waals surface area (Å²) in [4.78, 5) is 0. The molecule has 48 valence electrons. The van der Waals surface area contributed by atoms with Crippen LogP contribution in [0.1, 0.15) is 11.1 Å². The summed E-state index contributed by atoms with van der Waals surface area (Å²) in [6.07, 6.45) is 0. The molecule has 11 heavy (non-hydrogen) atoms. The molecule has 0 saturated carbocycles. The molecule has 0 radical (unpaired) electrons. The molecule has 0 bridgehead atoms. The molecule has 0 nitrogen and oxygen atoms in total. The zero-order valence-corrected chi connectivity index (χ0v) is 14.8. The summed E-state index contributed by atoms with van der Waals surface area (Å²) < 4.78 is 0. The molecule has 0 aliphatic rings. The Balaban J connectivity index is 0. The van der Waals surface area contributed by atoms with Gasteiger partial charge in [0, 0.05) is 0 Å². The normalized spacial score (nSPS) is 7.91. The van der Waals surface area contributed by atoms with Gasteiger partial charge in [0.1, 0.15) is 0 Å². The fourth-order valence-corrected chi connectivity index (χ4v) is 0.955. The average molecular weight is 214 g/mol. The van der Waals surface area contributed by atoms with Crippen LogP contribution in [0.5, 0.6) is 0 Å². The first-order valence-electron chi connectivity index (χ1n) is 2.97. The monoisotopic (exact) mass is 214 g/mol. The molecule has 0 atom stereocenters. The quantitative estimate of drug-likeness (QED) is 0.309. The second-order valence-electron chi connectivity index (χ2n) is 2.24. The van der Waals surface area contributed by atoms with Gasteiger partial charge < -0.3 is 14.5 Å². The number of aryl methyl sites for hydroxylation is 2. The minimum Gasteiger partial charge on any atom is -1.45 e. The van der Waals surface area contributed by atoms with Crippen LogP contribution in [0.4, 0.5) is 0 Å². The molecule has 0 fully saturated rings. The van der Waals surface area contributed by atoms with E-state index in [1.807, 2.05) is 6.07 Å². The molecule has 0 aromatic heterocycles. The average Bonchev–Trinajstić information content (AvgIpc) is 1.83. The Morgan fingerprint density at radius 2 is 1.36 bits per heavy atom. The van der Waals surface area contributed by atoms with E-state index >= 15 is 0 Å². The van der Waals surface area contributed by atoms with Crippen molar-refractivity contribution in [1.82, 2.24) is 0 Å². The van der Waals surface area contributed by atoms with Crippen LogP contribution in [-0.4, -0.2) is 0 Å². The topological polar surface area (TPSA) is 0 Å². The van der Waals surface area contributed by atoms with Gasteiger partial charge in [-0.05, 0) is 13.8 Å². The largest absolute Gasteiger partial charge is 1.45 e. The van der Waals surface area contributed by atoms with Crippen molar-refractivity contribution in [2.24, 2.45) is 0 Å². The van der Waals surface area contributed by atoms with Gasteiger partial charge in [-0.3, -0.25) is 0 Å². The fourth-order valence-electron chi connectivity index (χ4n) is 0.806. The first kappa shape index (κ1) is 16.4. The summed E-state index contributed by atoms with van der Waals surface area (Å²) >= 11 is 0. The van der Waals surface area contributed by atoms with Gasteiger partial charge in [-0.25, -0.2) is 0 Å². The van der Waals surface area contributed by atoms with Crippen molar-refractivity contribution in [3.8, 4) is 0 Å². The van der Waals surface area contributed by atoms with E-state index in [0.29, 0.717) is 0 Å². The van der Waals surface area contributed by atoms with Crippen molar-refractivity contribution in [3.05, 3.63) is 29.3 Å². The molecule has 0 saturated heterocycles. The van der Waals surface area contributed by atoms with Crippen LogP contribution in [0.2, 0.25) is 0 Å². The minimum atomic E-state index is 0. The summed E-state index contributed by atoms with van der Waals surface area (Å²) in [6.45, 7) is 4.13. The second kappa shape index (κ2) is 8.25. The van der Waals surface area contributed by atoms with Gasteiger partial charge in [-0.15, -0.1) is 11.1 Å². The van der Waals surface area contributed by atoms with Gasteiger partial charge >= 0.3 is 103 Å². The van der Waals surface area contributed by atoms with Crippen LogP contribution >= 0.6 is 9.24 Å². The molecule has 1 aromatic carbocycles. The third kappa shape index (κ3) is 5.38. The van der Waals surface area contributed by atoms with Crippen molar-refractivity contribution < 1.29 is 103 Å². The first-order chi connectivity index (χ1) is 4.22. The summed E-state index contributed by atoms with van der Waals surface area (Å²) in [5.41, 5.74) is 2.50. The van der Waals surface area contributed by atoms with Crippen molar-refractivity contribution in [2.45, 2.75) is 13.8 Å². The molecule has 0 aliphatic carbocycles. The molecule has 0 N–H and O–H groups in total. The minimum absolute atomic E-state index is 0. The molecule has 0 spiro atoms. The van der Waals surface area contributed by atoms with Gasteiger partial charge in [0.15, 0.2) is 0 Å². The Morgan fingerprint density at radius 1 is 1.00 bits per heavy atom. The van der Waals surface area contributed by atoms with Gasteiger partial charge in [-0.2, -0.15) is 0 Å². The molecule has 0 aliphatic heterocycles. The first-order valence-corrected chi connectivity index (χ1v) is 3.41. The van der Waals surface area contributed by atoms with E-state index in [1.165, 1.54) is 11.1 Å². The molecule has 1 aromatic rings. The predicted octanol–water partition coefficient (Wildman–Crippen LogP) is -3.65. The van der Waals surface area contributed by atoms with E-state index in [2.05, 4.69) is 35.2 Å². The van der Waals surface area contributed by atoms with Gasteiger partial charge in [0.05, 0.1) is 0 Å². The third-order valence-electron chi connectivity index (χ3n) is 1.44. The Hall–Kier alpha value is 2.92. The van der Waals surface area contributed by atoms with E-state index in [4.69, 9.17) is 0 Å². The predicted molar refractivity (Wildman–Crippen MR) is 42.5 cm³/mol. The van der Waals surface area contributed by atoms with E-state index in [1.54, 1.807) is 0 Å². The number of hydrogen-bond acceptors (Lipinski definition) is 0. The van der Waals surface area contributed by atoms with E-state index in [-0.39, 0.29) is 103 Å². The van der Waals surface area contributed by atoms with Crippen molar-refractivity contribution >= 4 is 14.5 Å². The Kier molecular flexibility index (Phi) is 12.3. The van der Waals surface area contributed by atoms with Crippen LogP contribution in [-0.2, 0) is 0 Å². The Labute approximate surface area is 156 Å². The third-order valence-corrected chi connectivity index (χ3v) is 2.14. The molecular weight excluding hydrogens is 205 g/mol. The molecular formula is C8H9K2P. The van der Waals surface area contributed by atoms with Crippen molar-refractivity contribution in [1.29, 1.82) is 0 Å². The Bertz CT molecular complexity index is 203. The van der Waals surface area contributed by atoms with Crippen molar-refractivity contribution in [3.63, 3.8) is 0 Å². The van der Waals surface area contributed by atoms with Crippen LogP contribution in [0.15, 0.2) is 18.2 Å². The summed E-state index contributed by atoms with van der Waals surface area (Å²) in [5, 5.41) is 1.11. The van der Waals surface area contributed by atoms with Crippen LogP contribution in [0.25, 0.3) is 0 Å². The van der Waals surface area contributed by atoms with Crippen molar-refractivity contribution in [2.75, 3.05) is 0 Å². The van der Waals surface area contributed by atoms with Crippen LogP contribution in [0.3, 0.4) is 0 Å². The van der Waals surface area contributed by atoms with E-state index in [9.17, 15) is 0 Å². The molecule has 0 amide bonds. The van der Waals surface area contributed by atoms with Crippen LogP contribution in [0, 0.1) is 13.8 Å². The van der Waals surface area contributed by atoms with E-state index < -0.39 is 0 Å². The van der Waals surface area contributed by atoms with Gasteiger partial charge in [-0.1, -0.05) is 18.2 Å². The smallest absolute Gasteiger partial charge is 1.00 e. The van der Waals surface area contributed by atoms with Gasteiger partial charge in [0.25, 0.3) is 0 Å². The standard InChI is InChI=1S/C8H9P.2K/c1-6-4-3-5-7(2)8(6)9;;/h3-5H,1-2H3;;/q-2;2*+1. The molecule has 0 unspecified atom stereocenters. The fraction of sp³-hybridized carbons (Fsp3) is 0.250. The number of hydrogen-bond donors (Lipinski definition) is 0. The molecule has 0 heterocycles. The SMILES string of the molecule is Cc1cccc(C)c1[P-2].[K+].[K+]. The summed E-state index contributed by atoms with van der Waals surface area (Å²) in [7, 11) is 4.31. The zero-order chi connectivity index (χ0) is 6.85. The summed E-state index contributed by atoms with van der Waals surface area (Å²) in [5.74, 6) is 0. The maximum absolute atomic E-state index is 4.31. The second-order valence-corrected chi connectivity index (χ2v) is 2.69. The van der Waals surface area contributed by atoms with Gasteiger partial charge in [0.2, 0.25) is 0 Å². The maximum Gasteiger partial charge on any atom is 1.00 e. The number of rotatable bonds is 0. The Morgan fingerprint density at radius 3 is 1.64 bits per heavy atom. The van der Waals surface area contributed by atoms with Crippen LogP contribution < -0.4 is 108 Å². The number of benzene rings is 1. The molecule has 1 rings (SSSR count). The maximum atomic E-state index is 4.31. The van der Waals surface area contributed by atoms with E-state index in [0.717, 1.165) is 5.30 Å². The summed E-state index contributed by atoms with van der Waals surface area (Å²) in [6, 6.07) is 6.18.